The van der Waals surface area contributed by atoms with Crippen LogP contribution in [0.1, 0.15) is 36.8 Å². The quantitative estimate of drug-likeness (QED) is 0.902. The maximum Gasteiger partial charge on any atom is 0.318 e. The second-order valence-electron chi connectivity index (χ2n) is 6.18. The number of aromatic nitrogens is 1. The molecule has 0 bridgehead atoms. The average molecular weight is 327 g/mol. The highest BCUT2D eigenvalue weighted by atomic mass is 32.2. The molecule has 2 amide bonds. The van der Waals surface area contributed by atoms with Crippen LogP contribution in [-0.2, 0) is 9.84 Å². The molecule has 0 aromatic carbocycles. The molecule has 2 fully saturated rings. The number of hydrogen-bond donors (Lipinski definition) is 1. The number of sulfone groups is 1. The highest BCUT2D eigenvalue weighted by Gasteiger charge is 2.34. The van der Waals surface area contributed by atoms with Crippen LogP contribution in [-0.4, -0.2) is 49.1 Å². The lowest BCUT2D eigenvalue weighted by atomic mass is 10.1. The van der Waals surface area contributed by atoms with Crippen molar-refractivity contribution in [3.8, 4) is 0 Å². The number of nitrogens with one attached hydrogen (secondary N) is 1. The van der Waals surface area contributed by atoms with Crippen LogP contribution >= 0.6 is 0 Å². The Morgan fingerprint density at radius 2 is 2.32 bits per heavy atom. The van der Waals surface area contributed by atoms with Crippen molar-refractivity contribution in [1.82, 2.24) is 15.4 Å². The van der Waals surface area contributed by atoms with Gasteiger partial charge in [0, 0.05) is 19.2 Å². The summed E-state index contributed by atoms with van der Waals surface area (Å²) in [5, 5.41) is 6.75. The zero-order chi connectivity index (χ0) is 15.7. The maximum absolute atomic E-state index is 12.4. The summed E-state index contributed by atoms with van der Waals surface area (Å²) in [5.74, 6) is 1.16. The summed E-state index contributed by atoms with van der Waals surface area (Å²) in [6.07, 6.45) is 2.42. The summed E-state index contributed by atoms with van der Waals surface area (Å²) >= 11 is 0. The second kappa shape index (κ2) is 5.91. The smallest absolute Gasteiger partial charge is 0.318 e. The molecule has 7 nitrogen and oxygen atoms in total. The molecule has 22 heavy (non-hydrogen) atoms. The van der Waals surface area contributed by atoms with E-state index in [9.17, 15) is 13.2 Å². The maximum atomic E-state index is 12.4. The number of rotatable bonds is 3. The van der Waals surface area contributed by atoms with Gasteiger partial charge in [-0.25, -0.2) is 13.2 Å². The van der Waals surface area contributed by atoms with Crippen molar-refractivity contribution < 1.29 is 17.7 Å². The Bertz CT molecular complexity index is 655. The molecule has 2 atom stereocenters. The fraction of sp³-hybridized carbons (Fsp3) is 0.714. The van der Waals surface area contributed by atoms with E-state index in [1.54, 1.807) is 4.90 Å². The van der Waals surface area contributed by atoms with Crippen molar-refractivity contribution in [1.29, 1.82) is 0 Å². The average Bonchev–Trinajstić information content (AvgIpc) is 3.15. The van der Waals surface area contributed by atoms with Gasteiger partial charge in [0.25, 0.3) is 0 Å². The molecule has 1 N–H and O–H groups in total. The topological polar surface area (TPSA) is 92.5 Å². The van der Waals surface area contributed by atoms with Gasteiger partial charge in [-0.15, -0.1) is 0 Å². The van der Waals surface area contributed by atoms with Crippen molar-refractivity contribution in [2.24, 2.45) is 5.92 Å². The van der Waals surface area contributed by atoms with Crippen molar-refractivity contribution in [3.05, 3.63) is 17.5 Å². The first-order chi connectivity index (χ1) is 10.4. The van der Waals surface area contributed by atoms with E-state index in [0.29, 0.717) is 25.3 Å². The predicted molar refractivity (Wildman–Crippen MR) is 80.1 cm³/mol. The number of aryl methyl sites for hydroxylation is 1. The Labute approximate surface area is 129 Å². The molecule has 8 heteroatoms. The monoisotopic (exact) mass is 327 g/mol. The van der Waals surface area contributed by atoms with Gasteiger partial charge in [0.05, 0.1) is 23.2 Å². The summed E-state index contributed by atoms with van der Waals surface area (Å²) in [4.78, 5) is 14.1. The Hall–Kier alpha value is -1.57. The van der Waals surface area contributed by atoms with Crippen molar-refractivity contribution in [2.75, 3.05) is 24.6 Å². The van der Waals surface area contributed by atoms with Gasteiger partial charge >= 0.3 is 6.03 Å². The minimum atomic E-state index is -2.90. The van der Waals surface area contributed by atoms with Crippen molar-refractivity contribution >= 4 is 15.9 Å². The SMILES string of the molecule is Cc1cc([C@@H]2CCCN2C(=O)NC[C@H]2CCS(=O)(=O)C2)on1. The number of hydrogen-bond acceptors (Lipinski definition) is 5. The highest BCUT2D eigenvalue weighted by molar-refractivity contribution is 7.91. The summed E-state index contributed by atoms with van der Waals surface area (Å²) in [6, 6.07) is 1.63. The van der Waals surface area contributed by atoms with E-state index in [1.165, 1.54) is 0 Å². The molecule has 2 aliphatic rings. The Morgan fingerprint density at radius 1 is 1.50 bits per heavy atom. The molecular weight excluding hydrogens is 306 g/mol. The third-order valence-electron chi connectivity index (χ3n) is 4.36. The molecule has 0 radical (unpaired) electrons. The van der Waals surface area contributed by atoms with E-state index in [0.717, 1.165) is 18.5 Å². The fourth-order valence-corrected chi connectivity index (χ4v) is 5.07. The lowest BCUT2D eigenvalue weighted by Gasteiger charge is -2.23. The van der Waals surface area contributed by atoms with Gasteiger partial charge in [0.1, 0.15) is 0 Å². The first kappa shape index (κ1) is 15.3. The molecule has 0 unspecified atom stereocenters. The standard InChI is InChI=1S/C14H21N3O4S/c1-10-7-13(21-16-10)12-3-2-5-17(12)14(18)15-8-11-4-6-22(19,20)9-11/h7,11-12H,2-6,8-9H2,1H3,(H,15,18)/t11-,12+/m1/s1. The minimum absolute atomic E-state index is 0.0301. The fourth-order valence-electron chi connectivity index (χ4n) is 3.21. The summed E-state index contributed by atoms with van der Waals surface area (Å²) in [7, 11) is -2.90. The number of carbonyl (C=O) groups is 1. The van der Waals surface area contributed by atoms with Gasteiger partial charge < -0.3 is 14.7 Å². The van der Waals surface area contributed by atoms with Crippen LogP contribution in [0.25, 0.3) is 0 Å². The Balaban J connectivity index is 1.57. The number of carbonyl (C=O) groups excluding carboxylic acids is 1. The van der Waals surface area contributed by atoms with Gasteiger partial charge in [-0.05, 0) is 32.1 Å². The molecule has 122 valence electrons. The van der Waals surface area contributed by atoms with E-state index in [2.05, 4.69) is 10.5 Å². The lowest BCUT2D eigenvalue weighted by molar-refractivity contribution is 0.181. The molecule has 1 aromatic heterocycles. The summed E-state index contributed by atoms with van der Waals surface area (Å²) in [5.41, 5.74) is 0.804. The number of amides is 2. The van der Waals surface area contributed by atoms with Crippen molar-refractivity contribution in [2.45, 2.75) is 32.2 Å². The summed E-state index contributed by atoms with van der Waals surface area (Å²) < 4.78 is 28.2. The van der Waals surface area contributed by atoms with Crippen molar-refractivity contribution in [3.63, 3.8) is 0 Å². The molecule has 2 saturated heterocycles. The highest BCUT2D eigenvalue weighted by Crippen LogP contribution is 2.32. The van der Waals surface area contributed by atoms with Crippen LogP contribution in [0.3, 0.4) is 0 Å². The van der Waals surface area contributed by atoms with E-state index in [1.807, 2.05) is 13.0 Å². The van der Waals surface area contributed by atoms with Crippen LogP contribution in [0, 0.1) is 12.8 Å². The Morgan fingerprint density at radius 3 is 2.95 bits per heavy atom. The lowest BCUT2D eigenvalue weighted by Crippen LogP contribution is -2.41. The number of urea groups is 1. The Kier molecular flexibility index (Phi) is 4.12. The van der Waals surface area contributed by atoms with Gasteiger partial charge in [-0.1, -0.05) is 5.16 Å². The van der Waals surface area contributed by atoms with Crippen LogP contribution in [0.4, 0.5) is 4.79 Å². The third kappa shape index (κ3) is 3.26. The van der Waals surface area contributed by atoms with Crippen LogP contribution in [0.15, 0.2) is 10.6 Å². The molecule has 1 aromatic rings. The van der Waals surface area contributed by atoms with Gasteiger partial charge in [0.15, 0.2) is 15.6 Å². The number of nitrogens with zero attached hydrogens (tertiary/aromatic N) is 2. The van der Waals surface area contributed by atoms with E-state index in [4.69, 9.17) is 4.52 Å². The van der Waals surface area contributed by atoms with Crippen LogP contribution in [0.2, 0.25) is 0 Å². The van der Waals surface area contributed by atoms with Gasteiger partial charge in [0.2, 0.25) is 0 Å². The minimum Gasteiger partial charge on any atom is -0.359 e. The third-order valence-corrected chi connectivity index (χ3v) is 6.19. The van der Waals surface area contributed by atoms with E-state index < -0.39 is 9.84 Å². The molecule has 0 saturated carbocycles. The van der Waals surface area contributed by atoms with Gasteiger partial charge in [-0.3, -0.25) is 0 Å². The molecule has 0 spiro atoms. The second-order valence-corrected chi connectivity index (χ2v) is 8.41. The zero-order valence-electron chi connectivity index (χ0n) is 12.6. The molecule has 3 heterocycles. The summed E-state index contributed by atoms with van der Waals surface area (Å²) in [6.45, 7) is 2.95. The predicted octanol–water partition coefficient (Wildman–Crippen LogP) is 1.26. The normalized spacial score (nSPS) is 27.2. The molecule has 3 rings (SSSR count). The molecule has 2 aliphatic heterocycles. The van der Waals surface area contributed by atoms with E-state index in [-0.39, 0.29) is 29.5 Å². The number of likely N-dealkylation sites (tertiary alicyclic amines) is 1. The largest absolute Gasteiger partial charge is 0.359 e. The first-order valence-electron chi connectivity index (χ1n) is 7.63. The van der Waals surface area contributed by atoms with Crippen LogP contribution < -0.4 is 5.32 Å². The van der Waals surface area contributed by atoms with E-state index >= 15 is 0 Å². The van der Waals surface area contributed by atoms with Gasteiger partial charge in [-0.2, -0.15) is 0 Å². The molecular formula is C14H21N3O4S. The molecule has 0 aliphatic carbocycles. The first-order valence-corrected chi connectivity index (χ1v) is 9.45. The van der Waals surface area contributed by atoms with Crippen LogP contribution in [0.5, 0.6) is 0 Å². The zero-order valence-corrected chi connectivity index (χ0v) is 13.4.